The minimum absolute atomic E-state index is 0.141. The maximum absolute atomic E-state index is 4.47. The van der Waals surface area contributed by atoms with Crippen molar-refractivity contribution in [2.24, 2.45) is 0 Å². The minimum Gasteiger partial charge on any atom is -0.376 e. The van der Waals surface area contributed by atoms with Crippen LogP contribution in [-0.2, 0) is 5.41 Å². The second-order valence-electron chi connectivity index (χ2n) is 5.44. The summed E-state index contributed by atoms with van der Waals surface area (Å²) in [5, 5.41) is 1.19. The Morgan fingerprint density at radius 1 is 1.25 bits per heavy atom. The van der Waals surface area contributed by atoms with Gasteiger partial charge in [0.15, 0.2) is 0 Å². The van der Waals surface area contributed by atoms with Crippen LogP contribution in [0.15, 0.2) is 18.5 Å². The molecule has 2 heterocycles. The van der Waals surface area contributed by atoms with E-state index in [4.69, 9.17) is 0 Å². The Kier molecular flexibility index (Phi) is 2.41. The van der Waals surface area contributed by atoms with Crippen molar-refractivity contribution in [2.45, 2.75) is 26.2 Å². The van der Waals surface area contributed by atoms with Gasteiger partial charge in [-0.05, 0) is 17.0 Å². The lowest BCUT2D eigenvalue weighted by molar-refractivity contribution is 0.588. The summed E-state index contributed by atoms with van der Waals surface area (Å²) in [4.78, 5) is 9.77. The highest BCUT2D eigenvalue weighted by Gasteiger charge is 2.16. The highest BCUT2D eigenvalue weighted by atomic mass is 15.1. The van der Waals surface area contributed by atoms with Crippen molar-refractivity contribution in [3.63, 3.8) is 0 Å². The van der Waals surface area contributed by atoms with Crippen LogP contribution in [0.25, 0.3) is 11.0 Å². The predicted octanol–water partition coefficient (Wildman–Crippen LogP) is 2.93. The summed E-state index contributed by atoms with van der Waals surface area (Å²) in [7, 11) is 4.10. The second kappa shape index (κ2) is 3.51. The van der Waals surface area contributed by atoms with Gasteiger partial charge >= 0.3 is 0 Å². The molecular formula is C13H19N3. The van der Waals surface area contributed by atoms with Crippen LogP contribution in [0.3, 0.4) is 0 Å². The predicted molar refractivity (Wildman–Crippen MR) is 69.1 cm³/mol. The quantitative estimate of drug-likeness (QED) is 0.796. The molecule has 0 spiro atoms. The minimum atomic E-state index is 0.141. The summed E-state index contributed by atoms with van der Waals surface area (Å²) in [6.45, 7) is 6.62. The van der Waals surface area contributed by atoms with Gasteiger partial charge in [-0.2, -0.15) is 0 Å². The second-order valence-corrected chi connectivity index (χ2v) is 5.44. The van der Waals surface area contributed by atoms with Crippen LogP contribution in [0.1, 0.15) is 26.3 Å². The SMILES string of the molecule is CN(C)c1c[nH]c2ncc(C(C)(C)C)cc12. The zero-order valence-corrected chi connectivity index (χ0v) is 10.6. The number of hydrogen-bond acceptors (Lipinski definition) is 2. The van der Waals surface area contributed by atoms with Gasteiger partial charge in [0.05, 0.1) is 5.69 Å². The van der Waals surface area contributed by atoms with Crippen molar-refractivity contribution in [2.75, 3.05) is 19.0 Å². The summed E-state index contributed by atoms with van der Waals surface area (Å²) in [5.41, 5.74) is 3.55. The van der Waals surface area contributed by atoms with Gasteiger partial charge in [0.1, 0.15) is 5.65 Å². The Bertz CT molecular complexity index is 503. The molecule has 3 heteroatoms. The van der Waals surface area contributed by atoms with Crippen molar-refractivity contribution in [1.29, 1.82) is 0 Å². The van der Waals surface area contributed by atoms with Crippen LogP contribution in [-0.4, -0.2) is 24.1 Å². The van der Waals surface area contributed by atoms with Crippen LogP contribution in [0.4, 0.5) is 5.69 Å². The van der Waals surface area contributed by atoms with E-state index >= 15 is 0 Å². The smallest absolute Gasteiger partial charge is 0.139 e. The summed E-state index contributed by atoms with van der Waals surface area (Å²) >= 11 is 0. The molecular weight excluding hydrogens is 198 g/mol. The van der Waals surface area contributed by atoms with Crippen molar-refractivity contribution in [3.05, 3.63) is 24.0 Å². The molecule has 0 saturated heterocycles. The molecule has 0 aromatic carbocycles. The summed E-state index contributed by atoms with van der Waals surface area (Å²) in [6, 6.07) is 2.23. The number of aromatic nitrogens is 2. The van der Waals surface area contributed by atoms with Gasteiger partial charge in [-0.1, -0.05) is 20.8 Å². The lowest BCUT2D eigenvalue weighted by Gasteiger charge is -2.19. The fourth-order valence-corrected chi connectivity index (χ4v) is 1.77. The molecule has 2 rings (SSSR count). The van der Waals surface area contributed by atoms with Gasteiger partial charge in [0.2, 0.25) is 0 Å². The van der Waals surface area contributed by atoms with E-state index in [9.17, 15) is 0 Å². The fourth-order valence-electron chi connectivity index (χ4n) is 1.77. The zero-order chi connectivity index (χ0) is 11.9. The Morgan fingerprint density at radius 3 is 2.50 bits per heavy atom. The number of nitrogens with one attached hydrogen (secondary N) is 1. The highest BCUT2D eigenvalue weighted by molar-refractivity contribution is 5.90. The molecule has 0 radical (unpaired) electrons. The largest absolute Gasteiger partial charge is 0.376 e. The van der Waals surface area contributed by atoms with E-state index in [-0.39, 0.29) is 5.41 Å². The van der Waals surface area contributed by atoms with Crippen molar-refractivity contribution in [1.82, 2.24) is 9.97 Å². The third-order valence-electron chi connectivity index (χ3n) is 2.86. The first-order valence-electron chi connectivity index (χ1n) is 5.54. The summed E-state index contributed by atoms with van der Waals surface area (Å²) < 4.78 is 0. The number of rotatable bonds is 1. The van der Waals surface area contributed by atoms with Crippen molar-refractivity contribution in [3.8, 4) is 0 Å². The Labute approximate surface area is 96.5 Å². The van der Waals surface area contributed by atoms with Gasteiger partial charge in [-0.3, -0.25) is 0 Å². The molecule has 0 unspecified atom stereocenters. The lowest BCUT2D eigenvalue weighted by Crippen LogP contribution is -2.12. The number of fused-ring (bicyclic) bond motifs is 1. The molecule has 0 aliphatic carbocycles. The molecule has 0 aliphatic rings. The number of anilines is 1. The van der Waals surface area contributed by atoms with Crippen LogP contribution < -0.4 is 4.90 Å². The van der Waals surface area contributed by atoms with Gasteiger partial charge in [0.25, 0.3) is 0 Å². The van der Waals surface area contributed by atoms with Crippen LogP contribution in [0, 0.1) is 0 Å². The monoisotopic (exact) mass is 217 g/mol. The van der Waals surface area contributed by atoms with Crippen molar-refractivity contribution < 1.29 is 0 Å². The number of pyridine rings is 1. The molecule has 2 aromatic heterocycles. The zero-order valence-electron chi connectivity index (χ0n) is 10.6. The molecule has 3 nitrogen and oxygen atoms in total. The third-order valence-corrected chi connectivity index (χ3v) is 2.86. The lowest BCUT2D eigenvalue weighted by atomic mass is 9.88. The number of aromatic amines is 1. The molecule has 0 amide bonds. The molecule has 16 heavy (non-hydrogen) atoms. The topological polar surface area (TPSA) is 31.9 Å². The van der Waals surface area contributed by atoms with Crippen molar-refractivity contribution >= 4 is 16.7 Å². The molecule has 0 atom stereocenters. The average molecular weight is 217 g/mol. The fraction of sp³-hybridized carbons (Fsp3) is 0.462. The van der Waals surface area contributed by atoms with Gasteiger partial charge < -0.3 is 9.88 Å². The maximum atomic E-state index is 4.47. The molecule has 1 N–H and O–H groups in total. The molecule has 0 fully saturated rings. The Morgan fingerprint density at radius 2 is 1.94 bits per heavy atom. The maximum Gasteiger partial charge on any atom is 0.139 e. The Balaban J connectivity index is 2.63. The standard InChI is InChI=1S/C13H19N3/c1-13(2,3)9-6-10-11(16(4)5)8-15-12(10)14-7-9/h6-8H,1-5H3,(H,14,15). The number of nitrogens with zero attached hydrogens (tertiary/aromatic N) is 2. The van der Waals surface area contributed by atoms with Crippen LogP contribution in [0.5, 0.6) is 0 Å². The first kappa shape index (κ1) is 11.0. The van der Waals surface area contributed by atoms with E-state index in [2.05, 4.69) is 41.7 Å². The highest BCUT2D eigenvalue weighted by Crippen LogP contribution is 2.29. The summed E-state index contributed by atoms with van der Waals surface area (Å²) in [6.07, 6.45) is 3.96. The molecule has 0 saturated carbocycles. The van der Waals surface area contributed by atoms with Gasteiger partial charge in [-0.15, -0.1) is 0 Å². The molecule has 2 aromatic rings. The number of hydrogen-bond donors (Lipinski definition) is 1. The van der Waals surface area contributed by atoms with E-state index in [0.717, 1.165) is 5.65 Å². The van der Waals surface area contributed by atoms with E-state index in [1.54, 1.807) is 0 Å². The average Bonchev–Trinajstić information content (AvgIpc) is 2.58. The van der Waals surface area contributed by atoms with Gasteiger partial charge in [-0.25, -0.2) is 4.98 Å². The first-order valence-corrected chi connectivity index (χ1v) is 5.54. The van der Waals surface area contributed by atoms with Crippen LogP contribution in [0.2, 0.25) is 0 Å². The first-order chi connectivity index (χ1) is 7.39. The molecule has 0 bridgehead atoms. The van der Waals surface area contributed by atoms with Gasteiger partial charge in [0, 0.05) is 31.9 Å². The third kappa shape index (κ3) is 1.77. The van der Waals surface area contributed by atoms with E-state index in [1.807, 2.05) is 26.5 Å². The normalized spacial score (nSPS) is 12.1. The Hall–Kier alpha value is -1.51. The molecule has 0 aliphatic heterocycles. The number of H-pyrrole nitrogens is 1. The summed E-state index contributed by atoms with van der Waals surface area (Å²) in [5.74, 6) is 0. The van der Waals surface area contributed by atoms with E-state index in [1.165, 1.54) is 16.6 Å². The molecule has 86 valence electrons. The van der Waals surface area contributed by atoms with E-state index < -0.39 is 0 Å². The van der Waals surface area contributed by atoms with Crippen LogP contribution >= 0.6 is 0 Å². The van der Waals surface area contributed by atoms with E-state index in [0.29, 0.717) is 0 Å².